The number of carbonyl (C=O) groups excluding carboxylic acids is 1. The molecule has 20 heavy (non-hydrogen) atoms. The first kappa shape index (κ1) is 15.4. The van der Waals surface area contributed by atoms with Gasteiger partial charge in [-0.05, 0) is 25.7 Å². The van der Waals surface area contributed by atoms with Crippen LogP contribution in [0.3, 0.4) is 0 Å². The third-order valence-corrected chi connectivity index (χ3v) is 5.16. The normalized spacial score (nSPS) is 33.1. The third-order valence-electron chi connectivity index (χ3n) is 4.28. The zero-order valence-corrected chi connectivity index (χ0v) is 13.9. The number of methoxy groups -OCH3 is 1. The quantitative estimate of drug-likeness (QED) is 0.551. The summed E-state index contributed by atoms with van der Waals surface area (Å²) in [5.74, 6) is 3.24. The summed E-state index contributed by atoms with van der Waals surface area (Å²) in [6.45, 7) is 7.20. The number of carbonyl (C=O) groups is 1. The predicted molar refractivity (Wildman–Crippen MR) is 80.9 cm³/mol. The molecule has 1 saturated carbocycles. The van der Waals surface area contributed by atoms with Crippen molar-refractivity contribution in [3.05, 3.63) is 0 Å². The molecular formula is C15H25NO3Si. The van der Waals surface area contributed by atoms with Crippen LogP contribution in [-0.2, 0) is 4.74 Å². The summed E-state index contributed by atoms with van der Waals surface area (Å²) in [6, 6.07) is 0.0807. The topological polar surface area (TPSA) is 49.8 Å². The van der Waals surface area contributed by atoms with Gasteiger partial charge in [-0.1, -0.05) is 25.6 Å². The molecule has 1 heterocycles. The van der Waals surface area contributed by atoms with E-state index in [9.17, 15) is 9.90 Å². The van der Waals surface area contributed by atoms with Crippen LogP contribution in [0.15, 0.2) is 0 Å². The molecule has 1 aliphatic heterocycles. The second-order valence-corrected chi connectivity index (χ2v) is 11.7. The molecule has 1 aliphatic carbocycles. The van der Waals surface area contributed by atoms with Gasteiger partial charge in [0.15, 0.2) is 0 Å². The van der Waals surface area contributed by atoms with Gasteiger partial charge in [0.1, 0.15) is 13.7 Å². The number of rotatable bonds is 0. The molecule has 0 bridgehead atoms. The van der Waals surface area contributed by atoms with Crippen molar-refractivity contribution in [3.63, 3.8) is 0 Å². The van der Waals surface area contributed by atoms with Crippen LogP contribution in [0.4, 0.5) is 4.79 Å². The van der Waals surface area contributed by atoms with Gasteiger partial charge in [-0.2, -0.15) is 0 Å². The van der Waals surface area contributed by atoms with Crippen LogP contribution in [0.5, 0.6) is 0 Å². The monoisotopic (exact) mass is 295 g/mol. The minimum Gasteiger partial charge on any atom is -0.453 e. The largest absolute Gasteiger partial charge is 0.453 e. The van der Waals surface area contributed by atoms with Gasteiger partial charge in [-0.3, -0.25) is 0 Å². The molecule has 5 heteroatoms. The van der Waals surface area contributed by atoms with Gasteiger partial charge in [0.25, 0.3) is 0 Å². The van der Waals surface area contributed by atoms with Crippen molar-refractivity contribution in [1.29, 1.82) is 0 Å². The van der Waals surface area contributed by atoms with E-state index >= 15 is 0 Å². The van der Waals surface area contributed by atoms with Crippen molar-refractivity contribution in [3.8, 4) is 11.5 Å². The Morgan fingerprint density at radius 1 is 1.40 bits per heavy atom. The van der Waals surface area contributed by atoms with Gasteiger partial charge >= 0.3 is 6.09 Å². The number of ether oxygens (including phenoxy) is 1. The lowest BCUT2D eigenvalue weighted by molar-refractivity contribution is -0.0136. The fourth-order valence-corrected chi connectivity index (χ4v) is 3.92. The van der Waals surface area contributed by atoms with E-state index in [1.165, 1.54) is 7.11 Å². The van der Waals surface area contributed by atoms with Crippen LogP contribution in [-0.4, -0.2) is 49.5 Å². The lowest BCUT2D eigenvalue weighted by Gasteiger charge is -2.40. The van der Waals surface area contributed by atoms with E-state index in [2.05, 4.69) is 31.1 Å². The van der Waals surface area contributed by atoms with Crippen molar-refractivity contribution < 1.29 is 14.6 Å². The fourth-order valence-electron chi connectivity index (χ4n) is 3.33. The minimum absolute atomic E-state index is 0.0687. The third kappa shape index (κ3) is 3.02. The highest BCUT2D eigenvalue weighted by molar-refractivity contribution is 6.83. The predicted octanol–water partition coefficient (Wildman–Crippen LogP) is 2.24. The summed E-state index contributed by atoms with van der Waals surface area (Å²) >= 11 is 0. The summed E-state index contributed by atoms with van der Waals surface area (Å²) in [4.78, 5) is 13.6. The highest BCUT2D eigenvalue weighted by Crippen LogP contribution is 2.42. The lowest BCUT2D eigenvalue weighted by Crippen LogP contribution is -2.49. The summed E-state index contributed by atoms with van der Waals surface area (Å²) in [7, 11) is -0.0918. The maximum absolute atomic E-state index is 11.8. The Balaban J connectivity index is 2.21. The average molecular weight is 295 g/mol. The number of hydrogen-bond donors (Lipinski definition) is 1. The first-order chi connectivity index (χ1) is 9.27. The van der Waals surface area contributed by atoms with Crippen molar-refractivity contribution in [2.45, 2.75) is 57.0 Å². The van der Waals surface area contributed by atoms with Crippen molar-refractivity contribution >= 4 is 14.2 Å². The molecule has 0 radical (unpaired) electrons. The molecule has 3 atom stereocenters. The Labute approximate surface area is 122 Å². The van der Waals surface area contributed by atoms with E-state index in [-0.39, 0.29) is 18.1 Å². The summed E-state index contributed by atoms with van der Waals surface area (Å²) in [5.41, 5.74) is 2.38. The smallest absolute Gasteiger partial charge is 0.409 e. The molecular weight excluding hydrogens is 270 g/mol. The molecule has 1 N–H and O–H groups in total. The highest BCUT2D eigenvalue weighted by Gasteiger charge is 2.50. The van der Waals surface area contributed by atoms with Crippen LogP contribution in [0.1, 0.15) is 25.7 Å². The number of aliphatic hydroxyl groups is 1. The fraction of sp³-hybridized carbons (Fsp3) is 0.800. The Bertz CT molecular complexity index is 448. The molecule has 0 aromatic heterocycles. The zero-order valence-electron chi connectivity index (χ0n) is 12.9. The molecule has 0 aromatic carbocycles. The van der Waals surface area contributed by atoms with Crippen molar-refractivity contribution in [2.24, 2.45) is 5.92 Å². The second-order valence-electron chi connectivity index (χ2n) is 6.94. The second kappa shape index (κ2) is 5.42. The van der Waals surface area contributed by atoms with Crippen LogP contribution < -0.4 is 0 Å². The first-order valence-electron chi connectivity index (χ1n) is 7.38. The van der Waals surface area contributed by atoms with E-state index < -0.39 is 13.7 Å². The maximum atomic E-state index is 11.8. The zero-order chi connectivity index (χ0) is 15.0. The van der Waals surface area contributed by atoms with Gasteiger partial charge in [-0.25, -0.2) is 4.79 Å². The SMILES string of the molecule is COC(=O)N1CCC2C1CCCC2(O)C#C[Si](C)(C)C. The Morgan fingerprint density at radius 3 is 2.70 bits per heavy atom. The summed E-state index contributed by atoms with van der Waals surface area (Å²) in [5, 5.41) is 10.9. The van der Waals surface area contributed by atoms with Gasteiger partial charge in [0.2, 0.25) is 0 Å². The van der Waals surface area contributed by atoms with E-state index in [0.717, 1.165) is 25.7 Å². The minimum atomic E-state index is -1.50. The molecule has 1 saturated heterocycles. The van der Waals surface area contributed by atoms with Gasteiger partial charge in [0, 0.05) is 18.5 Å². The van der Waals surface area contributed by atoms with E-state index in [1.54, 1.807) is 4.90 Å². The Morgan fingerprint density at radius 2 is 2.10 bits per heavy atom. The molecule has 0 aromatic rings. The summed E-state index contributed by atoms with van der Waals surface area (Å²) < 4.78 is 4.84. The maximum Gasteiger partial charge on any atom is 0.409 e. The standard InChI is InChI=1S/C15H25NO3Si/c1-19-14(17)16-10-7-12-13(16)6-5-8-15(12,18)9-11-20(2,3)4/h12-13,18H,5-8,10H2,1-4H3. The number of nitrogens with zero attached hydrogens (tertiary/aromatic N) is 1. The highest BCUT2D eigenvalue weighted by atomic mass is 28.3. The molecule has 2 fully saturated rings. The Kier molecular flexibility index (Phi) is 4.17. The van der Waals surface area contributed by atoms with E-state index in [1.807, 2.05) is 0 Å². The number of fused-ring (bicyclic) bond motifs is 1. The van der Waals surface area contributed by atoms with Gasteiger partial charge in [-0.15, -0.1) is 5.54 Å². The average Bonchev–Trinajstić information content (AvgIpc) is 2.81. The van der Waals surface area contributed by atoms with Crippen molar-refractivity contribution in [2.75, 3.05) is 13.7 Å². The van der Waals surface area contributed by atoms with Crippen molar-refractivity contribution in [1.82, 2.24) is 4.90 Å². The molecule has 3 unspecified atom stereocenters. The van der Waals surface area contributed by atoms with Crippen LogP contribution in [0, 0.1) is 17.4 Å². The Hall–Kier alpha value is -0.993. The van der Waals surface area contributed by atoms with Gasteiger partial charge in [0.05, 0.1) is 7.11 Å². The van der Waals surface area contributed by atoms with Crippen LogP contribution >= 0.6 is 0 Å². The summed E-state index contributed by atoms with van der Waals surface area (Å²) in [6.07, 6.45) is 3.11. The number of likely N-dealkylation sites (tertiary alicyclic amines) is 1. The molecule has 2 aliphatic rings. The van der Waals surface area contributed by atoms with E-state index in [0.29, 0.717) is 6.54 Å². The molecule has 1 amide bonds. The molecule has 4 nitrogen and oxygen atoms in total. The van der Waals surface area contributed by atoms with Crippen LogP contribution in [0.2, 0.25) is 19.6 Å². The number of amides is 1. The van der Waals surface area contributed by atoms with Gasteiger partial charge < -0.3 is 14.7 Å². The lowest BCUT2D eigenvalue weighted by atomic mass is 9.73. The number of hydrogen-bond acceptors (Lipinski definition) is 3. The van der Waals surface area contributed by atoms with E-state index in [4.69, 9.17) is 4.74 Å². The van der Waals surface area contributed by atoms with Crippen LogP contribution in [0.25, 0.3) is 0 Å². The molecule has 2 rings (SSSR count). The first-order valence-corrected chi connectivity index (χ1v) is 10.9. The molecule has 0 spiro atoms. The molecule has 112 valence electrons.